The van der Waals surface area contributed by atoms with Crippen LogP contribution < -0.4 is 5.32 Å². The van der Waals surface area contributed by atoms with Gasteiger partial charge >= 0.3 is 0 Å². The Morgan fingerprint density at radius 1 is 1.11 bits per heavy atom. The Hall–Kier alpha value is -2.12. The van der Waals surface area contributed by atoms with Crippen LogP contribution in [0.15, 0.2) is 36.4 Å². The summed E-state index contributed by atoms with van der Waals surface area (Å²) < 4.78 is 2.42. The summed E-state index contributed by atoms with van der Waals surface area (Å²) in [6.07, 6.45) is 0. The van der Waals surface area contributed by atoms with E-state index in [0.29, 0.717) is 41.7 Å². The maximum atomic E-state index is 12.6. The minimum absolute atomic E-state index is 0.351. The Balaban J connectivity index is 1.77. The molecule has 2 aromatic carbocycles. The van der Waals surface area contributed by atoms with Gasteiger partial charge in [0.1, 0.15) is 5.52 Å². The van der Waals surface area contributed by atoms with E-state index in [0.717, 1.165) is 11.4 Å². The van der Waals surface area contributed by atoms with E-state index in [1.54, 1.807) is 35.0 Å². The van der Waals surface area contributed by atoms with E-state index in [-0.39, 0.29) is 5.91 Å². The van der Waals surface area contributed by atoms with Crippen molar-refractivity contribution >= 4 is 68.0 Å². The molecule has 0 atom stereocenters. The van der Waals surface area contributed by atoms with Crippen LogP contribution in [0.5, 0.6) is 0 Å². The summed E-state index contributed by atoms with van der Waals surface area (Å²) in [5, 5.41) is 8.99. The molecule has 1 amide bonds. The number of hydrogen-bond acceptors (Lipinski definition) is 4. The lowest BCUT2D eigenvalue weighted by molar-refractivity contribution is 0.102. The first-order valence-electron chi connectivity index (χ1n) is 8.23. The summed E-state index contributed by atoms with van der Waals surface area (Å²) in [6.45, 7) is 3.86. The summed E-state index contributed by atoms with van der Waals surface area (Å²) >= 11 is 20.4. The molecule has 0 saturated carbocycles. The summed E-state index contributed by atoms with van der Waals surface area (Å²) in [6, 6.07) is 10.3. The van der Waals surface area contributed by atoms with E-state index < -0.39 is 0 Å². The number of carbonyl (C=O) groups excluding carboxylic acids is 1. The number of fused-ring (bicyclic) bond motifs is 1. The third-order valence-corrected chi connectivity index (χ3v) is 6.28. The van der Waals surface area contributed by atoms with Crippen molar-refractivity contribution in [3.8, 4) is 5.13 Å². The Kier molecular flexibility index (Phi) is 5.05. The van der Waals surface area contributed by atoms with Gasteiger partial charge < -0.3 is 5.32 Å². The van der Waals surface area contributed by atoms with Gasteiger partial charge in [-0.15, -0.1) is 0 Å². The average molecular weight is 452 g/mol. The second kappa shape index (κ2) is 7.37. The molecule has 0 aliphatic heterocycles. The fourth-order valence-electron chi connectivity index (χ4n) is 2.84. The van der Waals surface area contributed by atoms with Gasteiger partial charge in [-0.2, -0.15) is 5.10 Å². The molecule has 4 aromatic rings. The number of benzene rings is 2. The quantitative estimate of drug-likeness (QED) is 0.397. The molecule has 0 fully saturated rings. The van der Waals surface area contributed by atoms with E-state index in [1.807, 2.05) is 19.9 Å². The Morgan fingerprint density at radius 2 is 1.86 bits per heavy atom. The number of halogens is 3. The standard InChI is InChI=1S/C19H13Cl3N4OS/c1-9-7-10(2)26(25-9)19-24-16-13(21)8-14(15(22)17(16)28-19)23-18(27)11-5-3-4-6-12(11)20/h3-8H,1-2H3,(H,23,27). The fraction of sp³-hybridized carbons (Fsp3) is 0.105. The van der Waals surface area contributed by atoms with Gasteiger partial charge in [0.15, 0.2) is 0 Å². The number of aryl methyl sites for hydroxylation is 2. The van der Waals surface area contributed by atoms with Gasteiger partial charge in [-0.25, -0.2) is 9.67 Å². The normalized spacial score (nSPS) is 11.2. The van der Waals surface area contributed by atoms with Crippen molar-refractivity contribution in [1.29, 1.82) is 0 Å². The van der Waals surface area contributed by atoms with Gasteiger partial charge in [-0.3, -0.25) is 4.79 Å². The van der Waals surface area contributed by atoms with Crippen molar-refractivity contribution in [1.82, 2.24) is 14.8 Å². The van der Waals surface area contributed by atoms with E-state index in [9.17, 15) is 4.79 Å². The molecular formula is C19H13Cl3N4OS. The molecule has 142 valence electrons. The van der Waals surface area contributed by atoms with Crippen molar-refractivity contribution in [3.05, 3.63) is 68.4 Å². The second-order valence-electron chi connectivity index (χ2n) is 6.17. The van der Waals surface area contributed by atoms with Crippen molar-refractivity contribution < 1.29 is 4.79 Å². The van der Waals surface area contributed by atoms with Crippen LogP contribution in [0, 0.1) is 13.8 Å². The smallest absolute Gasteiger partial charge is 0.257 e. The summed E-state index contributed by atoms with van der Waals surface area (Å²) in [4.78, 5) is 17.2. The first kappa shape index (κ1) is 19.2. The Labute approximate surface area is 179 Å². The van der Waals surface area contributed by atoms with E-state index in [1.165, 1.54) is 11.3 Å². The topological polar surface area (TPSA) is 59.8 Å². The molecule has 2 heterocycles. The molecule has 0 radical (unpaired) electrons. The predicted molar refractivity (Wildman–Crippen MR) is 116 cm³/mol. The molecule has 0 spiro atoms. The van der Waals surface area contributed by atoms with Crippen molar-refractivity contribution in [2.45, 2.75) is 13.8 Å². The van der Waals surface area contributed by atoms with Crippen molar-refractivity contribution in [2.24, 2.45) is 0 Å². The van der Waals surface area contributed by atoms with Gasteiger partial charge in [-0.05, 0) is 38.1 Å². The zero-order chi connectivity index (χ0) is 20.0. The third kappa shape index (κ3) is 3.37. The molecule has 28 heavy (non-hydrogen) atoms. The number of amides is 1. The number of carbonyl (C=O) groups is 1. The minimum Gasteiger partial charge on any atom is -0.320 e. The monoisotopic (exact) mass is 450 g/mol. The number of thiazole rings is 1. The van der Waals surface area contributed by atoms with Crippen molar-refractivity contribution in [2.75, 3.05) is 5.32 Å². The molecule has 5 nitrogen and oxygen atoms in total. The molecule has 0 aliphatic rings. The lowest BCUT2D eigenvalue weighted by Gasteiger charge is -2.09. The van der Waals surface area contributed by atoms with Crippen LogP contribution in [0.25, 0.3) is 15.3 Å². The molecule has 0 unspecified atom stereocenters. The lowest BCUT2D eigenvalue weighted by Crippen LogP contribution is -2.12. The number of anilines is 1. The maximum Gasteiger partial charge on any atom is 0.257 e. The van der Waals surface area contributed by atoms with Gasteiger partial charge in [0.2, 0.25) is 5.13 Å². The summed E-state index contributed by atoms with van der Waals surface area (Å²) in [7, 11) is 0. The van der Waals surface area contributed by atoms with Crippen LogP contribution in [0.3, 0.4) is 0 Å². The zero-order valence-electron chi connectivity index (χ0n) is 14.8. The first-order valence-corrected chi connectivity index (χ1v) is 10.2. The van der Waals surface area contributed by atoms with Crippen LogP contribution in [0.2, 0.25) is 15.1 Å². The molecule has 2 aromatic heterocycles. The highest BCUT2D eigenvalue weighted by molar-refractivity contribution is 7.21. The molecular weight excluding hydrogens is 439 g/mol. The molecule has 0 bridgehead atoms. The highest BCUT2D eigenvalue weighted by Crippen LogP contribution is 2.40. The van der Waals surface area contributed by atoms with Crippen LogP contribution in [0.4, 0.5) is 5.69 Å². The SMILES string of the molecule is Cc1cc(C)n(-c2nc3c(Cl)cc(NC(=O)c4ccccc4Cl)c(Cl)c3s2)n1. The van der Waals surface area contributed by atoms with Gasteiger partial charge in [0, 0.05) is 5.69 Å². The number of hydrogen-bond donors (Lipinski definition) is 1. The first-order chi connectivity index (χ1) is 13.3. The maximum absolute atomic E-state index is 12.6. The van der Waals surface area contributed by atoms with Crippen LogP contribution in [0.1, 0.15) is 21.7 Å². The molecule has 0 aliphatic carbocycles. The van der Waals surface area contributed by atoms with Gasteiger partial charge in [0.25, 0.3) is 5.91 Å². The number of nitrogens with zero attached hydrogens (tertiary/aromatic N) is 3. The van der Waals surface area contributed by atoms with Crippen LogP contribution >= 0.6 is 46.1 Å². The second-order valence-corrected chi connectivity index (χ2v) is 8.34. The highest BCUT2D eigenvalue weighted by Gasteiger charge is 2.19. The summed E-state index contributed by atoms with van der Waals surface area (Å²) in [5.41, 5.74) is 3.16. The Bertz CT molecular complexity index is 1230. The van der Waals surface area contributed by atoms with Crippen molar-refractivity contribution in [3.63, 3.8) is 0 Å². The molecule has 4 rings (SSSR count). The fourth-order valence-corrected chi connectivity index (χ4v) is 4.71. The Morgan fingerprint density at radius 3 is 2.54 bits per heavy atom. The van der Waals surface area contributed by atoms with E-state index in [4.69, 9.17) is 34.8 Å². The molecule has 0 saturated heterocycles. The van der Waals surface area contributed by atoms with Crippen LogP contribution in [-0.2, 0) is 0 Å². The van der Waals surface area contributed by atoms with Gasteiger partial charge in [-0.1, -0.05) is 58.3 Å². The number of aromatic nitrogens is 3. The molecule has 9 heteroatoms. The predicted octanol–water partition coefficient (Wildman–Crippen LogP) is 6.31. The number of nitrogens with one attached hydrogen (secondary N) is 1. The highest BCUT2D eigenvalue weighted by atomic mass is 35.5. The molecule has 1 N–H and O–H groups in total. The van der Waals surface area contributed by atoms with Crippen LogP contribution in [-0.4, -0.2) is 20.7 Å². The lowest BCUT2D eigenvalue weighted by atomic mass is 10.2. The third-order valence-electron chi connectivity index (χ3n) is 4.11. The average Bonchev–Trinajstić information content (AvgIpc) is 3.23. The summed E-state index contributed by atoms with van der Waals surface area (Å²) in [5.74, 6) is -0.369. The van der Waals surface area contributed by atoms with Gasteiger partial charge in [0.05, 0.1) is 36.7 Å². The zero-order valence-corrected chi connectivity index (χ0v) is 17.8. The largest absolute Gasteiger partial charge is 0.320 e. The number of rotatable bonds is 3. The van der Waals surface area contributed by atoms with E-state index >= 15 is 0 Å². The minimum atomic E-state index is -0.369. The van der Waals surface area contributed by atoms with E-state index in [2.05, 4.69) is 15.4 Å².